The molecule has 1 fully saturated rings. The number of ether oxygens (including phenoxy) is 1. The first-order chi connectivity index (χ1) is 15.6. The van der Waals surface area contributed by atoms with E-state index < -0.39 is 20.0 Å². The summed E-state index contributed by atoms with van der Waals surface area (Å²) in [4.78, 5) is 0. The van der Waals surface area contributed by atoms with Crippen molar-refractivity contribution < 1.29 is 14.3 Å². The lowest BCUT2D eigenvalue weighted by molar-refractivity contribution is -0.153. The van der Waals surface area contributed by atoms with Gasteiger partial charge in [0.15, 0.2) is 0 Å². The van der Waals surface area contributed by atoms with Gasteiger partial charge in [0.25, 0.3) is 8.32 Å². The predicted octanol–water partition coefficient (Wildman–Crippen LogP) is 5.36. The molecule has 178 valence electrons. The molecule has 0 bridgehead atoms. The third kappa shape index (κ3) is 4.39. The minimum Gasteiger partial charge on any atom is -0.405 e. The summed E-state index contributed by atoms with van der Waals surface area (Å²) in [7, 11) is -2.70. The molecule has 4 heteroatoms. The van der Waals surface area contributed by atoms with Crippen LogP contribution < -0.4 is 10.4 Å². The third-order valence-corrected chi connectivity index (χ3v) is 12.8. The first kappa shape index (κ1) is 24.4. The molecule has 1 aliphatic heterocycles. The van der Waals surface area contributed by atoms with Crippen LogP contribution >= 0.6 is 0 Å². The van der Waals surface area contributed by atoms with Crippen LogP contribution in [0.1, 0.15) is 66.7 Å². The van der Waals surface area contributed by atoms with Crippen LogP contribution in [0.4, 0.5) is 0 Å². The Labute approximate surface area is 201 Å². The Morgan fingerprint density at radius 2 is 1.45 bits per heavy atom. The zero-order valence-corrected chi connectivity index (χ0v) is 21.9. The van der Waals surface area contributed by atoms with E-state index in [1.807, 2.05) is 6.92 Å². The van der Waals surface area contributed by atoms with E-state index in [4.69, 9.17) is 9.16 Å². The Bertz CT molecular complexity index is 918. The average Bonchev–Trinajstić information content (AvgIpc) is 3.05. The van der Waals surface area contributed by atoms with Crippen molar-refractivity contribution in [2.75, 3.05) is 6.61 Å². The standard InChI is InChI=1S/C29H40O3Si/c1-23-21-28(5,32-29(23)19-13-8-14-20-29)26(30)22-31-33(27(2,3)4,24-15-9-6-10-16-24)25-17-11-7-12-18-25/h6-7,9-12,15-18,21,26,30H,8,13-14,19-20,22H2,1-5H3/t26-,28-/m0/s1. The van der Waals surface area contributed by atoms with E-state index in [1.165, 1.54) is 35.2 Å². The molecule has 1 spiro atoms. The number of hydrogen-bond donors (Lipinski definition) is 1. The highest BCUT2D eigenvalue weighted by Crippen LogP contribution is 2.47. The van der Waals surface area contributed by atoms with Gasteiger partial charge < -0.3 is 14.3 Å². The zero-order chi connectivity index (χ0) is 23.7. The number of aliphatic hydroxyl groups excluding tert-OH is 1. The molecular formula is C29H40O3Si. The highest BCUT2D eigenvalue weighted by Gasteiger charge is 2.53. The molecule has 1 aliphatic carbocycles. The van der Waals surface area contributed by atoms with Gasteiger partial charge in [0.1, 0.15) is 11.7 Å². The van der Waals surface area contributed by atoms with E-state index in [0.717, 1.165) is 12.8 Å². The van der Waals surface area contributed by atoms with Crippen molar-refractivity contribution >= 4 is 18.7 Å². The summed E-state index contributed by atoms with van der Waals surface area (Å²) in [5.74, 6) is 0. The topological polar surface area (TPSA) is 38.7 Å². The molecule has 3 nitrogen and oxygen atoms in total. The lowest BCUT2D eigenvalue weighted by Crippen LogP contribution is -2.67. The maximum absolute atomic E-state index is 11.5. The van der Waals surface area contributed by atoms with Crippen molar-refractivity contribution in [1.29, 1.82) is 0 Å². The third-order valence-electron chi connectivity index (χ3n) is 7.83. The number of hydrogen-bond acceptors (Lipinski definition) is 3. The molecule has 2 aromatic rings. The molecule has 0 saturated heterocycles. The number of rotatable bonds is 6. The van der Waals surface area contributed by atoms with Gasteiger partial charge in [0.05, 0.1) is 12.2 Å². The molecule has 2 aromatic carbocycles. The van der Waals surface area contributed by atoms with Gasteiger partial charge in [0, 0.05) is 0 Å². The van der Waals surface area contributed by atoms with Crippen LogP contribution in [0.15, 0.2) is 72.3 Å². The van der Waals surface area contributed by atoms with Crippen LogP contribution in [0.25, 0.3) is 0 Å². The second-order valence-corrected chi connectivity index (χ2v) is 15.5. The van der Waals surface area contributed by atoms with Crippen LogP contribution in [0.3, 0.4) is 0 Å². The van der Waals surface area contributed by atoms with Gasteiger partial charge in [0.2, 0.25) is 0 Å². The van der Waals surface area contributed by atoms with Crippen molar-refractivity contribution in [1.82, 2.24) is 0 Å². The van der Waals surface area contributed by atoms with E-state index in [2.05, 4.69) is 94.4 Å². The average molecular weight is 465 g/mol. The van der Waals surface area contributed by atoms with Crippen molar-refractivity contribution in [3.63, 3.8) is 0 Å². The van der Waals surface area contributed by atoms with Crippen LogP contribution in [-0.2, 0) is 9.16 Å². The Morgan fingerprint density at radius 1 is 0.939 bits per heavy atom. The number of aliphatic hydroxyl groups is 1. The maximum Gasteiger partial charge on any atom is 0.261 e. The van der Waals surface area contributed by atoms with Crippen molar-refractivity contribution in [3.8, 4) is 0 Å². The SMILES string of the molecule is CC1=C[C@@](C)([C@@H](O)CO[Si](c2ccccc2)(c2ccccc2)C(C)(C)C)OC12CCCCC2. The Balaban J connectivity index is 1.66. The van der Waals surface area contributed by atoms with Crippen LogP contribution in [0.5, 0.6) is 0 Å². The lowest BCUT2D eigenvalue weighted by atomic mass is 9.80. The first-order valence-corrected chi connectivity index (χ1v) is 14.4. The molecule has 1 N–H and O–H groups in total. The Kier molecular flexibility index (Phi) is 6.76. The molecule has 0 aromatic heterocycles. The molecule has 2 aliphatic rings. The minimum atomic E-state index is -2.70. The molecule has 0 radical (unpaired) electrons. The van der Waals surface area contributed by atoms with Gasteiger partial charge >= 0.3 is 0 Å². The number of benzene rings is 2. The van der Waals surface area contributed by atoms with Crippen molar-refractivity contribution in [2.24, 2.45) is 0 Å². The Morgan fingerprint density at radius 3 is 1.94 bits per heavy atom. The summed E-state index contributed by atoms with van der Waals surface area (Å²) in [6, 6.07) is 21.2. The molecule has 4 rings (SSSR count). The highest BCUT2D eigenvalue weighted by atomic mass is 28.4. The van der Waals surface area contributed by atoms with Gasteiger partial charge in [-0.05, 0) is 53.7 Å². The van der Waals surface area contributed by atoms with E-state index in [-0.39, 0.29) is 17.2 Å². The minimum absolute atomic E-state index is 0.122. The van der Waals surface area contributed by atoms with Gasteiger partial charge in [-0.25, -0.2) is 0 Å². The van der Waals surface area contributed by atoms with Crippen molar-refractivity contribution in [3.05, 3.63) is 72.3 Å². The molecule has 33 heavy (non-hydrogen) atoms. The molecule has 2 atom stereocenters. The molecule has 0 unspecified atom stereocenters. The van der Waals surface area contributed by atoms with Gasteiger partial charge in [-0.2, -0.15) is 0 Å². The predicted molar refractivity (Wildman–Crippen MR) is 139 cm³/mol. The second kappa shape index (κ2) is 9.14. The molecular weight excluding hydrogens is 424 g/mol. The second-order valence-electron chi connectivity index (χ2n) is 11.2. The monoisotopic (exact) mass is 464 g/mol. The van der Waals surface area contributed by atoms with Crippen molar-refractivity contribution in [2.45, 2.75) is 89.1 Å². The molecule has 1 heterocycles. The first-order valence-electron chi connectivity index (χ1n) is 12.5. The quantitative estimate of drug-likeness (QED) is 0.462. The fourth-order valence-electron chi connectivity index (χ4n) is 6.01. The van der Waals surface area contributed by atoms with Gasteiger partial charge in [-0.3, -0.25) is 0 Å². The highest BCUT2D eigenvalue weighted by molar-refractivity contribution is 6.99. The summed E-state index contributed by atoms with van der Waals surface area (Å²) in [5, 5.41) is 13.8. The van der Waals surface area contributed by atoms with Crippen LogP contribution in [0.2, 0.25) is 5.04 Å². The normalized spacial score (nSPS) is 24.0. The fourth-order valence-corrected chi connectivity index (χ4v) is 10.6. The van der Waals surface area contributed by atoms with E-state index >= 15 is 0 Å². The summed E-state index contributed by atoms with van der Waals surface area (Å²) in [6.45, 7) is 11.2. The maximum atomic E-state index is 11.5. The van der Waals surface area contributed by atoms with Crippen LogP contribution in [0, 0.1) is 0 Å². The lowest BCUT2D eigenvalue weighted by Gasteiger charge is -2.45. The van der Waals surface area contributed by atoms with E-state index in [1.54, 1.807) is 0 Å². The van der Waals surface area contributed by atoms with Crippen LogP contribution in [-0.4, -0.2) is 37.3 Å². The summed E-state index contributed by atoms with van der Waals surface area (Å²) >= 11 is 0. The smallest absolute Gasteiger partial charge is 0.261 e. The van der Waals surface area contributed by atoms with Gasteiger partial charge in [-0.15, -0.1) is 0 Å². The fraction of sp³-hybridized carbons (Fsp3) is 0.517. The zero-order valence-electron chi connectivity index (χ0n) is 20.9. The summed E-state index contributed by atoms with van der Waals surface area (Å²) in [6.07, 6.45) is 7.17. The largest absolute Gasteiger partial charge is 0.405 e. The summed E-state index contributed by atoms with van der Waals surface area (Å²) < 4.78 is 13.7. The Hall–Kier alpha value is -1.72. The van der Waals surface area contributed by atoms with Gasteiger partial charge in [-0.1, -0.05) is 101 Å². The molecule has 1 saturated carbocycles. The summed E-state index contributed by atoms with van der Waals surface area (Å²) in [5.41, 5.74) is 0.340. The van der Waals surface area contributed by atoms with E-state index in [0.29, 0.717) is 0 Å². The van der Waals surface area contributed by atoms with E-state index in [9.17, 15) is 5.11 Å². The molecule has 0 amide bonds.